The second-order valence-corrected chi connectivity index (χ2v) is 9.10. The average molecular weight is 489 g/mol. The summed E-state index contributed by atoms with van der Waals surface area (Å²) >= 11 is 0. The minimum absolute atomic E-state index is 0.338. The predicted octanol–water partition coefficient (Wildman–Crippen LogP) is 1.69. The molecule has 0 saturated heterocycles. The van der Waals surface area contributed by atoms with Crippen LogP contribution in [0.1, 0.15) is 20.7 Å². The SMILES string of the molecule is C[N+](C)(C)c1ccc(C(=O)OO)cc1.C[N+](C)(C)c1ccc(C(=O)OO)cc1.O=S(=O)([O-])[O-]. The van der Waals surface area contributed by atoms with E-state index in [9.17, 15) is 9.59 Å². The van der Waals surface area contributed by atoms with Crippen molar-refractivity contribution in [2.45, 2.75) is 0 Å². The third-order valence-corrected chi connectivity index (χ3v) is 3.92. The van der Waals surface area contributed by atoms with Crippen molar-refractivity contribution < 1.29 is 47.4 Å². The van der Waals surface area contributed by atoms with E-state index >= 15 is 0 Å². The molecule has 0 atom stereocenters. The van der Waals surface area contributed by atoms with Crippen molar-refractivity contribution in [3.8, 4) is 0 Å². The molecular weight excluding hydrogens is 460 g/mol. The van der Waals surface area contributed by atoms with E-state index in [-0.39, 0.29) is 0 Å². The Balaban J connectivity index is 0.000000517. The highest BCUT2D eigenvalue weighted by Gasteiger charge is 2.14. The van der Waals surface area contributed by atoms with Crippen molar-refractivity contribution in [1.29, 1.82) is 0 Å². The van der Waals surface area contributed by atoms with Gasteiger partial charge in [0.15, 0.2) is 0 Å². The molecule has 12 nitrogen and oxygen atoms in total. The zero-order valence-corrected chi connectivity index (χ0v) is 19.9. The standard InChI is InChI=1S/2C10H13NO3.H2O4S/c2*1-11(2,3)9-6-4-8(5-7-9)10(12)14-13;1-5(2,3)4/h2*4-7H,1-3H3;(H2,1,2,3,4). The number of carbonyl (C=O) groups excluding carboxylic acids is 2. The van der Waals surface area contributed by atoms with Gasteiger partial charge in [-0.2, -0.15) is 10.5 Å². The van der Waals surface area contributed by atoms with E-state index in [0.717, 1.165) is 11.4 Å². The van der Waals surface area contributed by atoms with Crippen molar-refractivity contribution in [1.82, 2.24) is 8.97 Å². The molecule has 2 aromatic carbocycles. The fourth-order valence-electron chi connectivity index (χ4n) is 2.19. The zero-order chi connectivity index (χ0) is 26.0. The fourth-order valence-corrected chi connectivity index (χ4v) is 2.19. The zero-order valence-electron chi connectivity index (χ0n) is 19.1. The third-order valence-electron chi connectivity index (χ3n) is 3.92. The number of rotatable bonds is 4. The lowest BCUT2D eigenvalue weighted by Crippen LogP contribution is -2.34. The summed E-state index contributed by atoms with van der Waals surface area (Å²) in [7, 11) is 7.00. The van der Waals surface area contributed by atoms with Gasteiger partial charge in [-0.1, -0.05) is 0 Å². The Kier molecular flexibility index (Phi) is 11.3. The van der Waals surface area contributed by atoms with E-state index in [0.29, 0.717) is 20.1 Å². The molecule has 0 aliphatic rings. The summed E-state index contributed by atoms with van der Waals surface area (Å²) in [6.45, 7) is 0. The smallest absolute Gasteiger partial charge is 0.372 e. The van der Waals surface area contributed by atoms with Crippen molar-refractivity contribution in [3.05, 3.63) is 59.7 Å². The first-order valence-electron chi connectivity index (χ1n) is 9.12. The van der Waals surface area contributed by atoms with Crippen molar-refractivity contribution in [2.75, 3.05) is 42.3 Å². The molecule has 0 fully saturated rings. The lowest BCUT2D eigenvalue weighted by molar-refractivity contribution is -0.182. The van der Waals surface area contributed by atoms with Crippen molar-refractivity contribution in [2.24, 2.45) is 0 Å². The van der Waals surface area contributed by atoms with E-state index < -0.39 is 22.3 Å². The van der Waals surface area contributed by atoms with Crippen LogP contribution in [0, 0.1) is 0 Å². The highest BCUT2D eigenvalue weighted by molar-refractivity contribution is 7.79. The fraction of sp³-hybridized carbons (Fsp3) is 0.300. The molecule has 0 radical (unpaired) electrons. The molecule has 0 aromatic heterocycles. The third kappa shape index (κ3) is 12.6. The molecule has 33 heavy (non-hydrogen) atoms. The van der Waals surface area contributed by atoms with Gasteiger partial charge in [0.2, 0.25) is 0 Å². The molecular formula is C20H28N2O10S. The maximum absolute atomic E-state index is 10.9. The van der Waals surface area contributed by atoms with Gasteiger partial charge in [-0.3, -0.25) is 27.2 Å². The molecule has 0 spiro atoms. The summed E-state index contributed by atoms with van der Waals surface area (Å²) < 4.78 is 35.4. The van der Waals surface area contributed by atoms with E-state index in [1.165, 1.54) is 0 Å². The van der Waals surface area contributed by atoms with Crippen LogP contribution in [0.15, 0.2) is 48.5 Å². The average Bonchev–Trinajstić information content (AvgIpc) is 2.70. The van der Waals surface area contributed by atoms with Gasteiger partial charge in [0.25, 0.3) is 0 Å². The lowest BCUT2D eigenvalue weighted by atomic mass is 10.2. The summed E-state index contributed by atoms with van der Waals surface area (Å²) in [6.07, 6.45) is 0. The van der Waals surface area contributed by atoms with Gasteiger partial charge in [0.1, 0.15) is 11.4 Å². The number of hydrogen-bond acceptors (Lipinski definition) is 10. The molecule has 184 valence electrons. The maximum atomic E-state index is 10.9. The van der Waals surface area contributed by atoms with Crippen LogP contribution in [0.5, 0.6) is 0 Å². The molecule has 0 saturated carbocycles. The summed E-state index contributed by atoms with van der Waals surface area (Å²) in [6, 6.07) is 13.8. The number of benzene rings is 2. The molecule has 2 N–H and O–H groups in total. The van der Waals surface area contributed by atoms with Crippen molar-refractivity contribution >= 4 is 33.7 Å². The van der Waals surface area contributed by atoms with Crippen LogP contribution in [0.2, 0.25) is 0 Å². The van der Waals surface area contributed by atoms with Crippen molar-refractivity contribution in [3.63, 3.8) is 0 Å². The van der Waals surface area contributed by atoms with Crippen LogP contribution >= 0.6 is 0 Å². The number of quaternary nitrogens is 2. The minimum atomic E-state index is -5.17. The summed E-state index contributed by atoms with van der Waals surface area (Å²) in [5.74, 6) is -1.48. The van der Waals surface area contributed by atoms with Crippen LogP contribution in [-0.4, -0.2) is 82.3 Å². The second-order valence-electron chi connectivity index (χ2n) is 8.28. The molecule has 2 aromatic rings. The van der Waals surface area contributed by atoms with Gasteiger partial charge in [-0.25, -0.2) is 9.59 Å². The molecule has 0 amide bonds. The highest BCUT2D eigenvalue weighted by atomic mass is 32.3. The van der Waals surface area contributed by atoms with Crippen LogP contribution in [0.3, 0.4) is 0 Å². The summed E-state index contributed by atoms with van der Waals surface area (Å²) in [5.41, 5.74) is 2.81. The van der Waals surface area contributed by atoms with E-state index in [1.54, 1.807) is 24.3 Å². The Morgan fingerprint density at radius 1 is 0.667 bits per heavy atom. The summed E-state index contributed by atoms with van der Waals surface area (Å²) in [4.78, 5) is 29.0. The van der Waals surface area contributed by atoms with Crippen LogP contribution in [0.4, 0.5) is 11.4 Å². The Bertz CT molecular complexity index is 929. The van der Waals surface area contributed by atoms with Gasteiger partial charge in [0.05, 0.1) is 53.4 Å². The normalized spacial score (nSPS) is 11.2. The van der Waals surface area contributed by atoms with Gasteiger partial charge < -0.3 is 9.11 Å². The minimum Gasteiger partial charge on any atom is -0.759 e. The first-order chi connectivity index (χ1) is 14.9. The van der Waals surface area contributed by atoms with Crippen LogP contribution in [-0.2, 0) is 20.2 Å². The lowest BCUT2D eigenvalue weighted by Gasteiger charge is -2.23. The molecule has 0 unspecified atom stereocenters. The molecule has 13 heteroatoms. The Morgan fingerprint density at radius 2 is 0.879 bits per heavy atom. The second kappa shape index (κ2) is 12.4. The molecule has 0 heterocycles. The number of nitrogens with zero attached hydrogens (tertiary/aromatic N) is 2. The number of hydrogen-bond donors (Lipinski definition) is 2. The quantitative estimate of drug-likeness (QED) is 0.212. The largest absolute Gasteiger partial charge is 0.759 e. The first-order valence-corrected chi connectivity index (χ1v) is 10.5. The van der Waals surface area contributed by atoms with E-state index in [1.807, 2.05) is 66.6 Å². The predicted molar refractivity (Wildman–Crippen MR) is 119 cm³/mol. The van der Waals surface area contributed by atoms with E-state index in [4.69, 9.17) is 28.0 Å². The van der Waals surface area contributed by atoms with Crippen LogP contribution in [0.25, 0.3) is 0 Å². The Morgan fingerprint density at radius 3 is 1.03 bits per heavy atom. The van der Waals surface area contributed by atoms with E-state index in [2.05, 4.69) is 9.78 Å². The monoisotopic (exact) mass is 488 g/mol. The maximum Gasteiger partial charge on any atom is 0.372 e. The van der Waals surface area contributed by atoms with Crippen LogP contribution < -0.4 is 8.97 Å². The van der Waals surface area contributed by atoms with Gasteiger partial charge in [0, 0.05) is 10.4 Å². The first kappa shape index (κ1) is 30.1. The molecule has 0 aliphatic heterocycles. The number of carbonyl (C=O) groups is 2. The Labute approximate surface area is 192 Å². The molecule has 2 rings (SSSR count). The summed E-state index contributed by atoms with van der Waals surface area (Å²) in [5, 5.41) is 16.3. The molecule has 0 aliphatic carbocycles. The Hall–Kier alpha value is -2.91. The van der Waals surface area contributed by atoms with Gasteiger partial charge in [-0.15, -0.1) is 0 Å². The van der Waals surface area contributed by atoms with Gasteiger partial charge in [-0.05, 0) is 48.5 Å². The topological polar surface area (TPSA) is 173 Å². The van der Waals surface area contributed by atoms with Gasteiger partial charge >= 0.3 is 11.9 Å². The molecule has 0 bridgehead atoms. The highest BCUT2D eigenvalue weighted by Crippen LogP contribution is 2.18.